The minimum absolute atomic E-state index is 0.106. The summed E-state index contributed by atoms with van der Waals surface area (Å²) < 4.78 is 16.9. The van der Waals surface area contributed by atoms with Crippen molar-refractivity contribution >= 4 is 10.8 Å². The molecule has 0 heterocycles. The largest absolute Gasteiger partial charge is 0.380 e. The molecule has 2 unspecified atom stereocenters. The van der Waals surface area contributed by atoms with E-state index in [1.807, 2.05) is 27.7 Å². The van der Waals surface area contributed by atoms with Gasteiger partial charge in [-0.15, -0.1) is 0 Å². The van der Waals surface area contributed by atoms with Crippen LogP contribution in [0.15, 0.2) is 0 Å². The van der Waals surface area contributed by atoms with Crippen LogP contribution in [0.4, 0.5) is 0 Å². The highest BCUT2D eigenvalue weighted by molar-refractivity contribution is 7.86. The molecule has 15 heavy (non-hydrogen) atoms. The van der Waals surface area contributed by atoms with Crippen LogP contribution < -0.4 is 5.32 Å². The van der Waals surface area contributed by atoms with Crippen molar-refractivity contribution in [3.8, 4) is 0 Å². The third-order valence-electron chi connectivity index (χ3n) is 2.04. The third kappa shape index (κ3) is 7.94. The number of nitrogens with one attached hydrogen (secondary N) is 1. The maximum Gasteiger partial charge on any atom is 0.0616 e. The lowest BCUT2D eigenvalue weighted by Gasteiger charge is -2.19. The molecule has 0 aromatic carbocycles. The van der Waals surface area contributed by atoms with Crippen molar-refractivity contribution in [3.63, 3.8) is 0 Å². The summed E-state index contributed by atoms with van der Waals surface area (Å²) in [4.78, 5) is 0. The molecule has 0 fully saturated rings. The Morgan fingerprint density at radius 2 is 2.00 bits per heavy atom. The molecule has 0 aromatic heterocycles. The van der Waals surface area contributed by atoms with E-state index < -0.39 is 10.8 Å². The summed E-state index contributed by atoms with van der Waals surface area (Å²) >= 11 is 0. The second-order valence-corrected chi connectivity index (χ2v) is 7.00. The molecule has 92 valence electrons. The SMILES string of the molecule is CCOCC(C)NCCS(=O)C(C)(C)C. The van der Waals surface area contributed by atoms with E-state index in [2.05, 4.69) is 12.2 Å². The van der Waals surface area contributed by atoms with E-state index in [0.717, 1.165) is 19.8 Å². The van der Waals surface area contributed by atoms with Crippen LogP contribution in [0.25, 0.3) is 0 Å². The molecule has 0 saturated carbocycles. The van der Waals surface area contributed by atoms with Gasteiger partial charge in [-0.05, 0) is 34.6 Å². The van der Waals surface area contributed by atoms with Gasteiger partial charge in [-0.25, -0.2) is 0 Å². The molecule has 0 aliphatic heterocycles. The molecule has 0 saturated heterocycles. The zero-order valence-corrected chi connectivity index (χ0v) is 11.4. The van der Waals surface area contributed by atoms with Crippen LogP contribution >= 0.6 is 0 Å². The average molecular weight is 235 g/mol. The number of ether oxygens (including phenoxy) is 1. The van der Waals surface area contributed by atoms with E-state index in [9.17, 15) is 4.21 Å². The molecule has 4 heteroatoms. The van der Waals surface area contributed by atoms with Gasteiger partial charge in [0.2, 0.25) is 0 Å². The topological polar surface area (TPSA) is 38.3 Å². The van der Waals surface area contributed by atoms with Crippen LogP contribution in [0.3, 0.4) is 0 Å². The van der Waals surface area contributed by atoms with Gasteiger partial charge in [-0.3, -0.25) is 4.21 Å². The molecule has 0 spiro atoms. The Bertz CT molecular complexity index is 190. The summed E-state index contributed by atoms with van der Waals surface area (Å²) in [5.41, 5.74) is 0. The van der Waals surface area contributed by atoms with Gasteiger partial charge in [0, 0.05) is 40.5 Å². The lowest BCUT2D eigenvalue weighted by Crippen LogP contribution is -2.36. The predicted molar refractivity (Wildman–Crippen MR) is 66.7 cm³/mol. The molecule has 0 rings (SSSR count). The third-order valence-corrected chi connectivity index (χ3v) is 3.98. The summed E-state index contributed by atoms with van der Waals surface area (Å²) in [6.07, 6.45) is 0. The monoisotopic (exact) mass is 235 g/mol. The van der Waals surface area contributed by atoms with Gasteiger partial charge in [0.1, 0.15) is 0 Å². The van der Waals surface area contributed by atoms with Crippen molar-refractivity contribution in [2.45, 2.75) is 45.4 Å². The quantitative estimate of drug-likeness (QED) is 0.727. The van der Waals surface area contributed by atoms with E-state index >= 15 is 0 Å². The van der Waals surface area contributed by atoms with Gasteiger partial charge in [0.05, 0.1) is 6.61 Å². The Balaban J connectivity index is 3.57. The van der Waals surface area contributed by atoms with Gasteiger partial charge in [0.25, 0.3) is 0 Å². The van der Waals surface area contributed by atoms with Gasteiger partial charge >= 0.3 is 0 Å². The number of rotatable bonds is 7. The second kappa shape index (κ2) is 7.36. The van der Waals surface area contributed by atoms with Crippen LogP contribution in [-0.4, -0.2) is 40.5 Å². The summed E-state index contributed by atoms with van der Waals surface area (Å²) in [6, 6.07) is 0.335. The Morgan fingerprint density at radius 1 is 1.40 bits per heavy atom. The standard InChI is InChI=1S/C11H25NO2S/c1-6-14-9-10(2)12-7-8-15(13)11(3,4)5/h10,12H,6-9H2,1-5H3. The van der Waals surface area contributed by atoms with Crippen molar-refractivity contribution in [2.24, 2.45) is 0 Å². The molecule has 1 N–H and O–H groups in total. The van der Waals surface area contributed by atoms with E-state index in [0.29, 0.717) is 11.8 Å². The van der Waals surface area contributed by atoms with Crippen molar-refractivity contribution in [1.82, 2.24) is 5.32 Å². The maximum absolute atomic E-state index is 11.7. The summed E-state index contributed by atoms with van der Waals surface area (Å²) in [5.74, 6) is 0.708. The van der Waals surface area contributed by atoms with Gasteiger partial charge in [-0.2, -0.15) is 0 Å². The molecule has 0 aliphatic carbocycles. The first-order chi connectivity index (χ1) is 6.88. The zero-order chi connectivity index (χ0) is 11.9. The fourth-order valence-corrected chi connectivity index (χ4v) is 1.97. The van der Waals surface area contributed by atoms with Crippen LogP contribution in [-0.2, 0) is 15.5 Å². The minimum atomic E-state index is -0.763. The molecule has 3 nitrogen and oxygen atoms in total. The highest BCUT2D eigenvalue weighted by Crippen LogP contribution is 2.10. The van der Waals surface area contributed by atoms with Crippen LogP contribution in [0, 0.1) is 0 Å². The Hall–Kier alpha value is 0.0700. The summed E-state index contributed by atoms with van der Waals surface area (Å²) in [6.45, 7) is 12.3. The van der Waals surface area contributed by atoms with Crippen molar-refractivity contribution in [2.75, 3.05) is 25.5 Å². The molecule has 0 bridgehead atoms. The fourth-order valence-electron chi connectivity index (χ4n) is 1.06. The molecular formula is C11H25NO2S. The second-order valence-electron chi connectivity index (χ2n) is 4.68. The van der Waals surface area contributed by atoms with Crippen LogP contribution in [0.1, 0.15) is 34.6 Å². The summed E-state index contributed by atoms with van der Waals surface area (Å²) in [7, 11) is -0.763. The van der Waals surface area contributed by atoms with Crippen LogP contribution in [0.2, 0.25) is 0 Å². The average Bonchev–Trinajstić information content (AvgIpc) is 2.13. The van der Waals surface area contributed by atoms with E-state index in [-0.39, 0.29) is 4.75 Å². The molecule has 0 radical (unpaired) electrons. The minimum Gasteiger partial charge on any atom is -0.380 e. The smallest absolute Gasteiger partial charge is 0.0616 e. The Morgan fingerprint density at radius 3 is 2.47 bits per heavy atom. The highest BCUT2D eigenvalue weighted by atomic mass is 32.2. The van der Waals surface area contributed by atoms with Gasteiger partial charge < -0.3 is 10.1 Å². The lowest BCUT2D eigenvalue weighted by molar-refractivity contribution is 0.128. The molecule has 0 amide bonds. The van der Waals surface area contributed by atoms with Crippen molar-refractivity contribution in [3.05, 3.63) is 0 Å². The normalized spacial score (nSPS) is 16.3. The zero-order valence-electron chi connectivity index (χ0n) is 10.6. The first kappa shape index (κ1) is 15.1. The Kier molecular flexibility index (Phi) is 7.40. The molecule has 0 aromatic rings. The van der Waals surface area contributed by atoms with E-state index in [1.165, 1.54) is 0 Å². The Labute approximate surface area is 96.4 Å². The first-order valence-electron chi connectivity index (χ1n) is 5.57. The van der Waals surface area contributed by atoms with Crippen molar-refractivity contribution in [1.29, 1.82) is 0 Å². The number of hydrogen-bond donors (Lipinski definition) is 1. The van der Waals surface area contributed by atoms with Crippen LogP contribution in [0.5, 0.6) is 0 Å². The molecule has 2 atom stereocenters. The van der Waals surface area contributed by atoms with Gasteiger partial charge in [-0.1, -0.05) is 0 Å². The van der Waals surface area contributed by atoms with E-state index in [4.69, 9.17) is 4.74 Å². The lowest BCUT2D eigenvalue weighted by atomic mass is 10.3. The van der Waals surface area contributed by atoms with Crippen molar-refractivity contribution < 1.29 is 8.95 Å². The first-order valence-corrected chi connectivity index (χ1v) is 6.89. The molecular weight excluding hydrogens is 210 g/mol. The maximum atomic E-state index is 11.7. The highest BCUT2D eigenvalue weighted by Gasteiger charge is 2.18. The fraction of sp³-hybridized carbons (Fsp3) is 1.00. The van der Waals surface area contributed by atoms with E-state index in [1.54, 1.807) is 0 Å². The number of hydrogen-bond acceptors (Lipinski definition) is 3. The summed E-state index contributed by atoms with van der Waals surface area (Å²) in [5, 5.41) is 3.30. The molecule has 0 aliphatic rings. The predicted octanol–water partition coefficient (Wildman–Crippen LogP) is 1.55. The van der Waals surface area contributed by atoms with Gasteiger partial charge in [0.15, 0.2) is 0 Å².